The van der Waals surface area contributed by atoms with E-state index >= 15 is 4.39 Å². The van der Waals surface area contributed by atoms with Gasteiger partial charge < -0.3 is 10.2 Å². The molecule has 5 heterocycles. The van der Waals surface area contributed by atoms with Crippen molar-refractivity contribution in [1.29, 1.82) is 0 Å². The number of fused-ring (bicyclic) bond motifs is 2. The van der Waals surface area contributed by atoms with Crippen LogP contribution in [0.4, 0.5) is 28.9 Å². The maximum Gasteiger partial charge on any atom is 0.433 e. The maximum atomic E-state index is 16.1. The van der Waals surface area contributed by atoms with Crippen LogP contribution in [0.1, 0.15) is 84.7 Å². The summed E-state index contributed by atoms with van der Waals surface area (Å²) in [6, 6.07) is 10.9. The molecule has 13 nitrogen and oxygen atoms in total. The molecule has 3 amide bonds. The van der Waals surface area contributed by atoms with Crippen LogP contribution in [0.5, 0.6) is 0 Å². The third-order valence-corrected chi connectivity index (χ3v) is 11.7. The van der Waals surface area contributed by atoms with Crippen LogP contribution in [0.3, 0.4) is 0 Å². The van der Waals surface area contributed by atoms with Gasteiger partial charge in [-0.1, -0.05) is 18.2 Å². The van der Waals surface area contributed by atoms with Gasteiger partial charge in [0.05, 0.1) is 29.2 Å². The number of rotatable bonds is 7. The number of imidazole rings is 1. The summed E-state index contributed by atoms with van der Waals surface area (Å²) in [5, 5.41) is 10.3. The molecule has 1 aliphatic carbocycles. The fourth-order valence-electron chi connectivity index (χ4n) is 8.80. The van der Waals surface area contributed by atoms with Crippen molar-refractivity contribution in [2.45, 2.75) is 75.3 Å². The van der Waals surface area contributed by atoms with Gasteiger partial charge in [0.15, 0.2) is 0 Å². The second-order valence-corrected chi connectivity index (χ2v) is 15.2. The molecular weight excluding hydrogens is 746 g/mol. The number of aromatic nitrogens is 5. The lowest BCUT2D eigenvalue weighted by molar-refractivity contribution is -0.141. The first-order chi connectivity index (χ1) is 27.3. The number of alkyl halides is 4. The van der Waals surface area contributed by atoms with E-state index in [0.29, 0.717) is 40.8 Å². The Bertz CT molecular complexity index is 2510. The Balaban J connectivity index is 0.894. The van der Waals surface area contributed by atoms with Crippen molar-refractivity contribution < 1.29 is 31.9 Å². The highest BCUT2D eigenvalue weighted by atomic mass is 19.4. The Kier molecular flexibility index (Phi) is 9.92. The van der Waals surface area contributed by atoms with Crippen molar-refractivity contribution >= 4 is 51.0 Å². The van der Waals surface area contributed by atoms with Crippen LogP contribution in [-0.2, 0) is 22.8 Å². The van der Waals surface area contributed by atoms with Gasteiger partial charge in [0.1, 0.15) is 23.6 Å². The van der Waals surface area contributed by atoms with E-state index in [1.165, 1.54) is 15.2 Å². The molecule has 8 rings (SSSR count). The van der Waals surface area contributed by atoms with Gasteiger partial charge >= 0.3 is 11.9 Å². The summed E-state index contributed by atoms with van der Waals surface area (Å²) in [6.07, 6.45) is 0.401. The Morgan fingerprint density at radius 2 is 1.81 bits per heavy atom. The minimum atomic E-state index is -4.71. The van der Waals surface area contributed by atoms with Gasteiger partial charge in [-0.2, -0.15) is 18.3 Å². The molecule has 3 unspecified atom stereocenters. The van der Waals surface area contributed by atoms with Gasteiger partial charge in [-0.15, -0.1) is 0 Å². The molecule has 3 aromatic heterocycles. The molecule has 3 aliphatic rings. The van der Waals surface area contributed by atoms with Crippen LogP contribution in [0.2, 0.25) is 0 Å². The molecule has 296 valence electrons. The average Bonchev–Trinajstić information content (AvgIpc) is 3.71. The van der Waals surface area contributed by atoms with E-state index < -0.39 is 47.5 Å². The van der Waals surface area contributed by atoms with E-state index in [9.17, 15) is 32.3 Å². The predicted octanol–water partition coefficient (Wildman–Crippen LogP) is 6.44. The molecule has 57 heavy (non-hydrogen) atoms. The number of anilines is 1. The molecule has 0 bridgehead atoms. The van der Waals surface area contributed by atoms with Crippen LogP contribution in [0.25, 0.3) is 26.8 Å². The number of carbonyl (C=O) groups is 3. The molecule has 2 aliphatic heterocycles. The second-order valence-electron chi connectivity index (χ2n) is 15.2. The van der Waals surface area contributed by atoms with Crippen molar-refractivity contribution in [3.05, 3.63) is 93.6 Å². The lowest BCUT2D eigenvalue weighted by Gasteiger charge is -2.38. The quantitative estimate of drug-likeness (QED) is 0.110. The van der Waals surface area contributed by atoms with Gasteiger partial charge in [0.25, 0.3) is 5.91 Å². The Morgan fingerprint density at radius 1 is 1.04 bits per heavy atom. The smallest absolute Gasteiger partial charge is 0.330 e. The summed E-state index contributed by atoms with van der Waals surface area (Å²) in [5.41, 5.74) is 0.698. The number of nitrogens with one attached hydrogen (secondary N) is 2. The van der Waals surface area contributed by atoms with E-state index in [2.05, 4.69) is 25.4 Å². The number of aryl methyl sites for hydroxylation is 1. The number of likely N-dealkylation sites (tertiary alicyclic amines) is 1. The number of para-hydroxylation sites is 1. The summed E-state index contributed by atoms with van der Waals surface area (Å²) in [5.74, 6) is -1.81. The Hall–Kier alpha value is -5.89. The first-order valence-electron chi connectivity index (χ1n) is 18.9. The lowest BCUT2D eigenvalue weighted by atomic mass is 9.83. The summed E-state index contributed by atoms with van der Waals surface area (Å²) in [7, 11) is 1.63. The standard InChI is InChI=1S/C40H39F4N9O4/c1-45-30-18-29-23(17-31(30)47-37(55)28-6-4-8-34(46-28)40(42,43)44)20-52(49-29)24-11-9-22(10-12-24)19-51-16-15-25(27(41)21-51)26-5-3-7-32-36(26)50(2)39(57)53(32)33-13-14-35(54)48-38(33)56/h3-8,17-18,20,22,24-25,27,33H,9-16,19,21H2,2H3,(H,47,55)(H,48,54,56). The molecule has 1 saturated carbocycles. The molecule has 2 N–H and O–H groups in total. The van der Waals surface area contributed by atoms with Crippen LogP contribution in [0, 0.1) is 12.5 Å². The van der Waals surface area contributed by atoms with Crippen LogP contribution < -0.4 is 16.3 Å². The van der Waals surface area contributed by atoms with Gasteiger partial charge in [0.2, 0.25) is 17.5 Å². The van der Waals surface area contributed by atoms with Crippen molar-refractivity contribution in [1.82, 2.24) is 34.1 Å². The highest BCUT2D eigenvalue weighted by Gasteiger charge is 2.37. The third-order valence-electron chi connectivity index (χ3n) is 11.7. The second kappa shape index (κ2) is 14.9. The number of hydrogen-bond donors (Lipinski definition) is 2. The number of piperidine rings is 2. The number of nitrogens with zero attached hydrogens (tertiary/aromatic N) is 7. The molecule has 17 heteroatoms. The highest BCUT2D eigenvalue weighted by Crippen LogP contribution is 2.39. The zero-order valence-corrected chi connectivity index (χ0v) is 30.9. The number of hydrogen-bond acceptors (Lipinski definition) is 7. The zero-order chi connectivity index (χ0) is 40.2. The van der Waals surface area contributed by atoms with Crippen LogP contribution >= 0.6 is 0 Å². The lowest BCUT2D eigenvalue weighted by Crippen LogP contribution is -2.44. The van der Waals surface area contributed by atoms with Gasteiger partial charge in [-0.25, -0.2) is 19.0 Å². The predicted molar refractivity (Wildman–Crippen MR) is 201 cm³/mol. The number of benzene rings is 2. The summed E-state index contributed by atoms with van der Waals surface area (Å²) in [4.78, 5) is 59.8. The minimum absolute atomic E-state index is 0.0941. The fraction of sp³-hybridized carbons (Fsp3) is 0.425. The molecule has 0 radical (unpaired) electrons. The molecule has 2 aromatic carbocycles. The largest absolute Gasteiger partial charge is 0.433 e. The number of amides is 3. The molecular formula is C40H39F4N9O4. The van der Waals surface area contributed by atoms with Crippen molar-refractivity contribution in [3.8, 4) is 0 Å². The number of pyridine rings is 1. The van der Waals surface area contributed by atoms with Crippen LogP contribution in [0.15, 0.2) is 59.5 Å². The molecule has 0 spiro atoms. The average molecular weight is 786 g/mol. The van der Waals surface area contributed by atoms with Crippen molar-refractivity contribution in [3.63, 3.8) is 0 Å². The van der Waals surface area contributed by atoms with E-state index in [1.807, 2.05) is 16.9 Å². The topological polar surface area (TPSA) is 141 Å². The minimum Gasteiger partial charge on any atom is -0.330 e. The normalized spacial score (nSPS) is 23.4. The van der Waals surface area contributed by atoms with E-state index in [-0.39, 0.29) is 48.4 Å². The van der Waals surface area contributed by atoms with Gasteiger partial charge in [0, 0.05) is 49.7 Å². The van der Waals surface area contributed by atoms with Gasteiger partial charge in [-0.3, -0.25) is 33.5 Å². The molecule has 3 atom stereocenters. The SMILES string of the molecule is [C-]#[N+]c1cc2nn(C3CCC(CN4CCC(c5cccc6c5n(C)c(=O)n6C5CCC(=O)NC5=O)C(F)C4)CC3)cc2cc1NC(=O)c1cccc(C(F)(F)F)n1. The third kappa shape index (κ3) is 7.29. The number of carbonyl (C=O) groups excluding carboxylic acids is 3. The fourth-order valence-corrected chi connectivity index (χ4v) is 8.80. The zero-order valence-electron chi connectivity index (χ0n) is 30.9. The monoisotopic (exact) mass is 785 g/mol. The van der Waals surface area contributed by atoms with E-state index in [0.717, 1.165) is 49.9 Å². The first-order valence-corrected chi connectivity index (χ1v) is 18.9. The summed E-state index contributed by atoms with van der Waals surface area (Å²) >= 11 is 0. The van der Waals surface area contributed by atoms with E-state index in [1.54, 1.807) is 31.3 Å². The van der Waals surface area contributed by atoms with Crippen LogP contribution in [-0.4, -0.2) is 72.3 Å². The van der Waals surface area contributed by atoms with Crippen molar-refractivity contribution in [2.24, 2.45) is 13.0 Å². The summed E-state index contributed by atoms with van der Waals surface area (Å²) in [6.45, 7) is 9.35. The number of halogens is 4. The van der Waals surface area contributed by atoms with Gasteiger partial charge in [-0.05, 0) is 86.9 Å². The maximum absolute atomic E-state index is 16.1. The molecule has 5 aromatic rings. The van der Waals surface area contributed by atoms with Crippen molar-refractivity contribution in [2.75, 3.05) is 25.0 Å². The Labute approximate surface area is 323 Å². The first kappa shape index (κ1) is 38.0. The van der Waals surface area contributed by atoms with E-state index in [4.69, 9.17) is 11.7 Å². The molecule has 3 fully saturated rings. The number of imide groups is 1. The Morgan fingerprint density at radius 3 is 2.53 bits per heavy atom. The summed E-state index contributed by atoms with van der Waals surface area (Å²) < 4.78 is 60.4. The molecule has 2 saturated heterocycles. The highest BCUT2D eigenvalue weighted by molar-refractivity contribution is 6.06.